The highest BCUT2D eigenvalue weighted by Gasteiger charge is 2.51. The molecule has 0 atom stereocenters. The Bertz CT molecular complexity index is 1460. The number of rotatable bonds is 5. The number of aromatic amines is 1. The normalized spacial score (nSPS) is 15.7. The number of methoxy groups -OCH3 is 2. The number of benzene rings is 1. The van der Waals surface area contributed by atoms with Crippen LogP contribution in [-0.2, 0) is 5.41 Å². The number of hydrogen-bond acceptors (Lipinski definition) is 6. The number of anilines is 2. The molecule has 0 unspecified atom stereocenters. The van der Waals surface area contributed by atoms with Gasteiger partial charge in [0.15, 0.2) is 11.6 Å². The van der Waals surface area contributed by atoms with Gasteiger partial charge in [0, 0.05) is 35.5 Å². The Hall–Kier alpha value is -4.14. The summed E-state index contributed by atoms with van der Waals surface area (Å²) in [7, 11) is 2.97. The van der Waals surface area contributed by atoms with Gasteiger partial charge in [-0.2, -0.15) is 0 Å². The van der Waals surface area contributed by atoms with Gasteiger partial charge in [0.05, 0.1) is 42.4 Å². The molecule has 3 N–H and O–H groups in total. The van der Waals surface area contributed by atoms with Crippen LogP contribution in [0.4, 0.5) is 15.8 Å². The first-order valence-corrected chi connectivity index (χ1v) is 11.0. The number of para-hydroxylation sites is 1. The Morgan fingerprint density at radius 1 is 1.12 bits per heavy atom. The molecule has 8 nitrogen and oxygen atoms in total. The minimum Gasteiger partial charge on any atom is -0.492 e. The molecule has 4 heterocycles. The highest BCUT2D eigenvalue weighted by molar-refractivity contribution is 6.09. The number of ether oxygens (including phenoxy) is 2. The van der Waals surface area contributed by atoms with E-state index in [1.807, 2.05) is 12.1 Å². The third kappa shape index (κ3) is 3.00. The van der Waals surface area contributed by atoms with Crippen molar-refractivity contribution in [2.24, 2.45) is 0 Å². The molecule has 34 heavy (non-hydrogen) atoms. The third-order valence-electron chi connectivity index (χ3n) is 6.67. The lowest BCUT2D eigenvalue weighted by molar-refractivity contribution is 0.0938. The molecule has 4 aromatic rings. The number of fused-ring (bicyclic) bond motifs is 3. The highest BCUT2D eigenvalue weighted by Crippen LogP contribution is 2.53. The second-order valence-corrected chi connectivity index (χ2v) is 8.61. The smallest absolute Gasteiger partial charge is 0.255 e. The molecule has 1 saturated carbocycles. The molecule has 0 saturated heterocycles. The summed E-state index contributed by atoms with van der Waals surface area (Å²) in [4.78, 5) is 25.7. The van der Waals surface area contributed by atoms with Crippen LogP contribution in [0.25, 0.3) is 22.3 Å². The van der Waals surface area contributed by atoms with Gasteiger partial charge in [-0.1, -0.05) is 6.07 Å². The number of H-pyrrole nitrogens is 1. The number of halogens is 1. The van der Waals surface area contributed by atoms with Gasteiger partial charge in [0.1, 0.15) is 5.52 Å². The van der Waals surface area contributed by atoms with Gasteiger partial charge < -0.3 is 25.1 Å². The summed E-state index contributed by atoms with van der Waals surface area (Å²) >= 11 is 0. The Labute approximate surface area is 194 Å². The topological polar surface area (TPSA) is 101 Å². The SMILES string of the molecule is COc1ccc2nccc(-c3[nH]c4c(c3Nc3cccc(F)c3OC)C(=O)NCC43CC3)c2n1. The van der Waals surface area contributed by atoms with Crippen molar-refractivity contribution in [3.8, 4) is 22.9 Å². The Morgan fingerprint density at radius 2 is 1.97 bits per heavy atom. The van der Waals surface area contributed by atoms with Crippen LogP contribution < -0.4 is 20.1 Å². The molecular formula is C25H22FN5O3. The number of nitrogens with zero attached hydrogens (tertiary/aromatic N) is 2. The molecule has 6 rings (SSSR count). The minimum absolute atomic E-state index is 0.0696. The van der Waals surface area contributed by atoms with E-state index in [2.05, 4.69) is 25.6 Å². The van der Waals surface area contributed by atoms with Crippen molar-refractivity contribution in [3.63, 3.8) is 0 Å². The summed E-state index contributed by atoms with van der Waals surface area (Å²) in [5.74, 6) is -0.157. The molecule has 1 spiro atoms. The maximum atomic E-state index is 14.5. The van der Waals surface area contributed by atoms with Crippen LogP contribution in [0.1, 0.15) is 28.9 Å². The van der Waals surface area contributed by atoms with Crippen molar-refractivity contribution in [1.82, 2.24) is 20.3 Å². The Morgan fingerprint density at radius 3 is 2.74 bits per heavy atom. The van der Waals surface area contributed by atoms with E-state index in [9.17, 15) is 9.18 Å². The van der Waals surface area contributed by atoms with Crippen molar-refractivity contribution < 1.29 is 18.7 Å². The van der Waals surface area contributed by atoms with Crippen molar-refractivity contribution in [3.05, 3.63) is 59.7 Å². The van der Waals surface area contributed by atoms with Gasteiger partial charge in [-0.25, -0.2) is 9.37 Å². The first kappa shape index (κ1) is 20.5. The summed E-state index contributed by atoms with van der Waals surface area (Å²) in [6, 6.07) is 10.1. The maximum absolute atomic E-state index is 14.5. The number of hydrogen-bond donors (Lipinski definition) is 3. The molecule has 3 aromatic heterocycles. The lowest BCUT2D eigenvalue weighted by Crippen LogP contribution is -2.39. The first-order chi connectivity index (χ1) is 16.5. The van der Waals surface area contributed by atoms with Crippen molar-refractivity contribution in [2.75, 3.05) is 26.1 Å². The van der Waals surface area contributed by atoms with Crippen LogP contribution in [-0.4, -0.2) is 41.6 Å². The second-order valence-electron chi connectivity index (χ2n) is 8.61. The lowest BCUT2D eigenvalue weighted by atomic mass is 9.93. The number of carbonyl (C=O) groups excluding carboxylic acids is 1. The zero-order chi connectivity index (χ0) is 23.4. The van der Waals surface area contributed by atoms with Gasteiger partial charge in [0.25, 0.3) is 5.91 Å². The van der Waals surface area contributed by atoms with Crippen LogP contribution in [0, 0.1) is 5.82 Å². The zero-order valence-corrected chi connectivity index (χ0v) is 18.7. The third-order valence-corrected chi connectivity index (χ3v) is 6.67. The second kappa shape index (κ2) is 7.44. The monoisotopic (exact) mass is 459 g/mol. The van der Waals surface area contributed by atoms with E-state index in [4.69, 9.17) is 9.47 Å². The Kier molecular flexibility index (Phi) is 4.48. The van der Waals surface area contributed by atoms with Gasteiger partial charge in [0.2, 0.25) is 5.88 Å². The predicted octanol–water partition coefficient (Wildman–Crippen LogP) is 4.30. The van der Waals surface area contributed by atoms with E-state index < -0.39 is 5.82 Å². The zero-order valence-electron chi connectivity index (χ0n) is 18.7. The van der Waals surface area contributed by atoms with Crippen LogP contribution in [0.2, 0.25) is 0 Å². The van der Waals surface area contributed by atoms with E-state index in [-0.39, 0.29) is 17.1 Å². The molecule has 2 aliphatic rings. The van der Waals surface area contributed by atoms with Gasteiger partial charge in [-0.05, 0) is 37.1 Å². The van der Waals surface area contributed by atoms with Crippen molar-refractivity contribution in [1.29, 1.82) is 0 Å². The molecule has 9 heteroatoms. The van der Waals surface area contributed by atoms with E-state index in [0.29, 0.717) is 46.1 Å². The number of carbonyl (C=O) groups is 1. The van der Waals surface area contributed by atoms with E-state index in [1.54, 1.807) is 31.5 Å². The van der Waals surface area contributed by atoms with E-state index >= 15 is 0 Å². The Balaban J connectivity index is 1.62. The summed E-state index contributed by atoms with van der Waals surface area (Å²) in [6.07, 6.45) is 3.66. The largest absolute Gasteiger partial charge is 0.492 e. The first-order valence-electron chi connectivity index (χ1n) is 11.0. The maximum Gasteiger partial charge on any atom is 0.255 e. The van der Waals surface area contributed by atoms with Crippen LogP contribution in [0.15, 0.2) is 42.6 Å². The fraction of sp³-hybridized carbons (Fsp3) is 0.240. The quantitative estimate of drug-likeness (QED) is 0.411. The van der Waals surface area contributed by atoms with E-state index in [0.717, 1.165) is 24.1 Å². The molecule has 1 aromatic carbocycles. The number of pyridine rings is 2. The van der Waals surface area contributed by atoms with Crippen LogP contribution in [0.5, 0.6) is 11.6 Å². The number of aromatic nitrogens is 3. The molecule has 0 radical (unpaired) electrons. The molecular weight excluding hydrogens is 437 g/mol. The van der Waals surface area contributed by atoms with Crippen LogP contribution >= 0.6 is 0 Å². The summed E-state index contributed by atoms with van der Waals surface area (Å²) < 4.78 is 25.1. The van der Waals surface area contributed by atoms with E-state index in [1.165, 1.54) is 13.2 Å². The number of amides is 1. The molecule has 1 aliphatic carbocycles. The highest BCUT2D eigenvalue weighted by atomic mass is 19.1. The molecule has 1 aliphatic heterocycles. The fourth-order valence-corrected chi connectivity index (χ4v) is 4.73. The lowest BCUT2D eigenvalue weighted by Gasteiger charge is -2.23. The van der Waals surface area contributed by atoms with Gasteiger partial charge in [-0.15, -0.1) is 0 Å². The summed E-state index contributed by atoms with van der Waals surface area (Å²) in [5.41, 5.74) is 4.99. The van der Waals surface area contributed by atoms with Crippen molar-refractivity contribution >= 4 is 28.3 Å². The summed E-state index contributed by atoms with van der Waals surface area (Å²) in [5, 5.41) is 6.32. The molecule has 1 amide bonds. The van der Waals surface area contributed by atoms with Gasteiger partial charge >= 0.3 is 0 Å². The standard InChI is InChI=1S/C25H22FN5O3/c1-33-17-7-6-15-19(30-17)13(8-11-27-15)20-21(29-16-5-3-4-14(26)22(16)34-2)18-23(31-20)25(9-10-25)12-28-24(18)32/h3-8,11,29,31H,9-10,12H2,1-2H3,(H,28,32). The van der Waals surface area contributed by atoms with Gasteiger partial charge in [-0.3, -0.25) is 9.78 Å². The summed E-state index contributed by atoms with van der Waals surface area (Å²) in [6.45, 7) is 0.588. The fourth-order valence-electron chi connectivity index (χ4n) is 4.73. The van der Waals surface area contributed by atoms with Crippen molar-refractivity contribution in [2.45, 2.75) is 18.3 Å². The molecule has 172 valence electrons. The van der Waals surface area contributed by atoms with Crippen LogP contribution in [0.3, 0.4) is 0 Å². The average Bonchev–Trinajstić information content (AvgIpc) is 3.54. The minimum atomic E-state index is -0.498. The predicted molar refractivity (Wildman–Crippen MR) is 125 cm³/mol. The average molecular weight is 459 g/mol. The molecule has 0 bridgehead atoms. The molecule has 1 fully saturated rings. The number of nitrogens with one attached hydrogen (secondary N) is 3.